The summed E-state index contributed by atoms with van der Waals surface area (Å²) in [6.45, 7) is 0.857. The smallest absolute Gasteiger partial charge is 0.191 e. The molecule has 1 aliphatic carbocycles. The van der Waals surface area contributed by atoms with E-state index in [0.717, 1.165) is 17.8 Å². The topological polar surface area (TPSA) is 36.4 Å². The fraction of sp³-hybridized carbons (Fsp3) is 0.615. The summed E-state index contributed by atoms with van der Waals surface area (Å²) in [6, 6.07) is 4.80. The van der Waals surface area contributed by atoms with Crippen LogP contribution in [-0.2, 0) is 6.54 Å². The SMILES string of the molecule is CN=C(NCc1cccs1)NC1CCC(SC)C1.I. The lowest BCUT2D eigenvalue weighted by Crippen LogP contribution is -2.42. The zero-order chi connectivity index (χ0) is 12.8. The summed E-state index contributed by atoms with van der Waals surface area (Å²) in [5, 5.41) is 9.82. The molecule has 2 atom stereocenters. The van der Waals surface area contributed by atoms with Crippen LogP contribution in [0.1, 0.15) is 24.1 Å². The van der Waals surface area contributed by atoms with Gasteiger partial charge in [0.25, 0.3) is 0 Å². The van der Waals surface area contributed by atoms with Crippen molar-refractivity contribution in [1.82, 2.24) is 10.6 Å². The standard InChI is InChI=1S/C13H21N3S2.HI/c1-14-13(15-9-12-4-3-7-18-12)16-10-5-6-11(8-10)17-2;/h3-4,7,10-11H,5-6,8-9H2,1-2H3,(H2,14,15,16);1H. The number of aliphatic imine (C=N–C) groups is 1. The highest BCUT2D eigenvalue weighted by molar-refractivity contribution is 14.0. The van der Waals surface area contributed by atoms with Crippen molar-refractivity contribution in [2.24, 2.45) is 4.99 Å². The molecule has 1 aliphatic rings. The van der Waals surface area contributed by atoms with E-state index in [1.54, 1.807) is 11.3 Å². The van der Waals surface area contributed by atoms with Crippen molar-refractivity contribution in [1.29, 1.82) is 0 Å². The first-order valence-corrected chi connectivity index (χ1v) is 8.51. The highest BCUT2D eigenvalue weighted by Gasteiger charge is 2.24. The Bertz CT molecular complexity index is 381. The second kappa shape index (κ2) is 9.07. The van der Waals surface area contributed by atoms with E-state index in [1.165, 1.54) is 24.1 Å². The summed E-state index contributed by atoms with van der Waals surface area (Å²) >= 11 is 3.76. The Hall–Kier alpha value is 0.0500. The van der Waals surface area contributed by atoms with Crippen molar-refractivity contribution in [3.63, 3.8) is 0 Å². The number of nitrogens with one attached hydrogen (secondary N) is 2. The zero-order valence-electron chi connectivity index (χ0n) is 11.4. The van der Waals surface area contributed by atoms with Gasteiger partial charge in [-0.3, -0.25) is 4.99 Å². The molecule has 2 unspecified atom stereocenters. The Morgan fingerprint density at radius 3 is 2.95 bits per heavy atom. The average molecular weight is 411 g/mol. The van der Waals surface area contributed by atoms with Gasteiger partial charge in [-0.1, -0.05) is 6.07 Å². The molecule has 6 heteroatoms. The van der Waals surface area contributed by atoms with Crippen molar-refractivity contribution >= 4 is 53.0 Å². The lowest BCUT2D eigenvalue weighted by molar-refractivity contribution is 0.615. The van der Waals surface area contributed by atoms with Crippen LogP contribution in [0.25, 0.3) is 0 Å². The number of thioether (sulfide) groups is 1. The molecule has 1 saturated carbocycles. The second-order valence-corrected chi connectivity index (χ2v) is 6.69. The highest BCUT2D eigenvalue weighted by atomic mass is 127. The number of halogens is 1. The first-order valence-electron chi connectivity index (χ1n) is 6.34. The van der Waals surface area contributed by atoms with Gasteiger partial charge in [0.1, 0.15) is 0 Å². The summed E-state index contributed by atoms with van der Waals surface area (Å²) in [4.78, 5) is 5.63. The molecule has 0 aliphatic heterocycles. The molecule has 1 heterocycles. The lowest BCUT2D eigenvalue weighted by Gasteiger charge is -2.17. The van der Waals surface area contributed by atoms with Gasteiger partial charge in [-0.05, 0) is 37.0 Å². The molecule has 1 fully saturated rings. The fourth-order valence-electron chi connectivity index (χ4n) is 2.26. The molecule has 108 valence electrons. The van der Waals surface area contributed by atoms with E-state index in [0.29, 0.717) is 6.04 Å². The molecule has 1 aromatic heterocycles. The number of hydrogen-bond donors (Lipinski definition) is 2. The maximum absolute atomic E-state index is 4.29. The molecule has 0 bridgehead atoms. The van der Waals surface area contributed by atoms with Crippen LogP contribution in [0.5, 0.6) is 0 Å². The first kappa shape index (κ1) is 17.1. The fourth-order valence-corrected chi connectivity index (χ4v) is 3.70. The van der Waals surface area contributed by atoms with Crippen LogP contribution in [-0.4, -0.2) is 30.6 Å². The molecule has 1 aromatic rings. The molecule has 3 nitrogen and oxygen atoms in total. The highest BCUT2D eigenvalue weighted by Crippen LogP contribution is 2.27. The van der Waals surface area contributed by atoms with E-state index in [1.807, 2.05) is 18.8 Å². The lowest BCUT2D eigenvalue weighted by atomic mass is 10.2. The minimum absolute atomic E-state index is 0. The third kappa shape index (κ3) is 5.51. The van der Waals surface area contributed by atoms with Crippen molar-refractivity contribution in [2.75, 3.05) is 13.3 Å². The average Bonchev–Trinajstić information content (AvgIpc) is 3.05. The number of rotatable bonds is 4. The van der Waals surface area contributed by atoms with Gasteiger partial charge < -0.3 is 10.6 Å². The van der Waals surface area contributed by atoms with Crippen LogP contribution in [0.2, 0.25) is 0 Å². The summed E-state index contributed by atoms with van der Waals surface area (Å²) in [5.41, 5.74) is 0. The Morgan fingerprint density at radius 1 is 1.53 bits per heavy atom. The first-order chi connectivity index (χ1) is 8.81. The van der Waals surface area contributed by atoms with E-state index >= 15 is 0 Å². The summed E-state index contributed by atoms with van der Waals surface area (Å²) in [7, 11) is 1.84. The zero-order valence-corrected chi connectivity index (χ0v) is 15.4. The molecule has 0 spiro atoms. The van der Waals surface area contributed by atoms with Gasteiger partial charge in [0, 0.05) is 23.2 Å². The van der Waals surface area contributed by atoms with Gasteiger partial charge >= 0.3 is 0 Å². The molecule has 0 radical (unpaired) electrons. The van der Waals surface area contributed by atoms with Gasteiger partial charge in [0.15, 0.2) is 5.96 Å². The van der Waals surface area contributed by atoms with Gasteiger partial charge in [0.05, 0.1) is 6.54 Å². The minimum atomic E-state index is 0. The molecular formula is C13H22IN3S2. The van der Waals surface area contributed by atoms with Crippen molar-refractivity contribution in [2.45, 2.75) is 37.1 Å². The van der Waals surface area contributed by atoms with E-state index in [-0.39, 0.29) is 24.0 Å². The maximum atomic E-state index is 4.29. The number of nitrogens with zero attached hydrogens (tertiary/aromatic N) is 1. The molecule has 2 N–H and O–H groups in total. The Morgan fingerprint density at radius 2 is 2.37 bits per heavy atom. The Balaban J connectivity index is 0.00000180. The Kier molecular flexibility index (Phi) is 8.17. The van der Waals surface area contributed by atoms with E-state index < -0.39 is 0 Å². The van der Waals surface area contributed by atoms with Gasteiger partial charge in [-0.15, -0.1) is 35.3 Å². The number of hydrogen-bond acceptors (Lipinski definition) is 3. The molecule has 0 amide bonds. The van der Waals surface area contributed by atoms with Crippen LogP contribution in [0.15, 0.2) is 22.5 Å². The van der Waals surface area contributed by atoms with Gasteiger partial charge in [0.2, 0.25) is 0 Å². The van der Waals surface area contributed by atoms with E-state index in [2.05, 4.69) is 39.4 Å². The molecule has 2 rings (SSSR count). The predicted molar refractivity (Wildman–Crippen MR) is 98.0 cm³/mol. The normalized spacial score (nSPS) is 22.9. The van der Waals surface area contributed by atoms with Crippen LogP contribution >= 0.6 is 47.1 Å². The number of guanidine groups is 1. The van der Waals surface area contributed by atoms with Gasteiger partial charge in [-0.2, -0.15) is 11.8 Å². The molecule has 19 heavy (non-hydrogen) atoms. The third-order valence-corrected chi connectivity index (χ3v) is 5.26. The van der Waals surface area contributed by atoms with Crippen molar-refractivity contribution in [3.05, 3.63) is 22.4 Å². The monoisotopic (exact) mass is 411 g/mol. The second-order valence-electron chi connectivity index (χ2n) is 4.52. The molecular weight excluding hydrogens is 389 g/mol. The molecule has 0 aromatic carbocycles. The maximum Gasteiger partial charge on any atom is 0.191 e. The van der Waals surface area contributed by atoms with Crippen LogP contribution in [0.3, 0.4) is 0 Å². The number of thiophene rings is 1. The van der Waals surface area contributed by atoms with Crippen molar-refractivity contribution < 1.29 is 0 Å². The Labute approximate surface area is 141 Å². The minimum Gasteiger partial charge on any atom is -0.354 e. The van der Waals surface area contributed by atoms with E-state index in [9.17, 15) is 0 Å². The predicted octanol–water partition coefficient (Wildman–Crippen LogP) is 3.32. The van der Waals surface area contributed by atoms with Crippen LogP contribution < -0.4 is 10.6 Å². The largest absolute Gasteiger partial charge is 0.354 e. The summed E-state index contributed by atoms with van der Waals surface area (Å²) < 4.78 is 0. The van der Waals surface area contributed by atoms with Crippen molar-refractivity contribution in [3.8, 4) is 0 Å². The summed E-state index contributed by atoms with van der Waals surface area (Å²) in [5.74, 6) is 0.926. The third-order valence-electron chi connectivity index (χ3n) is 3.29. The van der Waals surface area contributed by atoms with Gasteiger partial charge in [-0.25, -0.2) is 0 Å². The summed E-state index contributed by atoms with van der Waals surface area (Å²) in [6.07, 6.45) is 6.03. The van der Waals surface area contributed by atoms with Crippen LogP contribution in [0.4, 0.5) is 0 Å². The quantitative estimate of drug-likeness (QED) is 0.454. The van der Waals surface area contributed by atoms with Crippen LogP contribution in [0, 0.1) is 0 Å². The van der Waals surface area contributed by atoms with E-state index in [4.69, 9.17) is 0 Å². The molecule has 0 saturated heterocycles.